The molecule has 6 aliphatic rings. The van der Waals surface area contributed by atoms with Gasteiger partial charge < -0.3 is 31.2 Å². The second-order valence-electron chi connectivity index (χ2n) is 11.6. The molecule has 8 bridgehead atoms. The number of hydrogen-bond acceptors (Lipinski definition) is 7. The Balaban J connectivity index is 1.21. The molecule has 1 saturated heterocycles. The number of hydrogen-bond donors (Lipinski definition) is 7. The van der Waals surface area contributed by atoms with Crippen LogP contribution in [0.4, 0.5) is 23.3 Å². The summed E-state index contributed by atoms with van der Waals surface area (Å²) in [6.45, 7) is 0. The summed E-state index contributed by atoms with van der Waals surface area (Å²) in [6, 6.07) is 8.44. The van der Waals surface area contributed by atoms with E-state index in [1.807, 2.05) is 6.08 Å². The van der Waals surface area contributed by atoms with Gasteiger partial charge in [0.15, 0.2) is 5.78 Å². The number of aromatic amines is 2. The Labute approximate surface area is 236 Å². The second-order valence-corrected chi connectivity index (χ2v) is 11.6. The number of rotatable bonds is 0. The molecule has 7 unspecified atom stereocenters. The van der Waals surface area contributed by atoms with E-state index in [1.165, 1.54) is 0 Å². The third-order valence-corrected chi connectivity index (χ3v) is 9.29. The van der Waals surface area contributed by atoms with Crippen molar-refractivity contribution in [2.45, 2.75) is 24.9 Å². The van der Waals surface area contributed by atoms with Crippen molar-refractivity contribution in [3.8, 4) is 0 Å². The highest BCUT2D eigenvalue weighted by molar-refractivity contribution is 6.14. The van der Waals surface area contributed by atoms with E-state index in [9.17, 15) is 4.79 Å². The number of allylic oxidation sites excluding steroid dienone is 6. The van der Waals surface area contributed by atoms with Gasteiger partial charge in [-0.25, -0.2) is 4.99 Å². The Morgan fingerprint density at radius 3 is 2.17 bits per heavy atom. The zero-order valence-corrected chi connectivity index (χ0v) is 22.2. The number of amidine groups is 1. The van der Waals surface area contributed by atoms with Gasteiger partial charge in [0.25, 0.3) is 0 Å². The normalized spacial score (nSPS) is 32.0. The Morgan fingerprint density at radius 2 is 1.39 bits per heavy atom. The Hall–Kier alpha value is -4.76. The number of carbonyl (C=O) groups excluding carboxylic acids is 1. The summed E-state index contributed by atoms with van der Waals surface area (Å²) >= 11 is 0. The number of anilines is 4. The van der Waals surface area contributed by atoms with Crippen LogP contribution < -0.4 is 26.6 Å². The summed E-state index contributed by atoms with van der Waals surface area (Å²) in [4.78, 5) is 25.6. The average Bonchev–Trinajstić information content (AvgIpc) is 3.73. The molecule has 0 radical (unpaired) electrons. The van der Waals surface area contributed by atoms with E-state index in [0.717, 1.165) is 39.6 Å². The summed E-state index contributed by atoms with van der Waals surface area (Å²) in [7, 11) is 0. The van der Waals surface area contributed by atoms with Gasteiger partial charge in [-0.2, -0.15) is 0 Å². The molecule has 0 saturated carbocycles. The smallest absolute Gasteiger partial charge is 0.189 e. The van der Waals surface area contributed by atoms with Crippen LogP contribution in [-0.4, -0.2) is 40.1 Å². The lowest BCUT2D eigenvalue weighted by Crippen LogP contribution is -2.41. The molecule has 2 aromatic heterocycles. The van der Waals surface area contributed by atoms with Crippen molar-refractivity contribution >= 4 is 45.7 Å². The summed E-state index contributed by atoms with van der Waals surface area (Å²) in [5.74, 6) is 4.97. The molecule has 5 heterocycles. The van der Waals surface area contributed by atoms with E-state index in [-0.39, 0.29) is 48.0 Å². The van der Waals surface area contributed by atoms with Gasteiger partial charge in [-0.3, -0.25) is 10.1 Å². The fourth-order valence-electron chi connectivity index (χ4n) is 7.36. The summed E-state index contributed by atoms with van der Waals surface area (Å²) < 4.78 is 0. The van der Waals surface area contributed by atoms with E-state index in [1.54, 1.807) is 6.08 Å². The van der Waals surface area contributed by atoms with E-state index in [4.69, 9.17) is 4.99 Å². The largest absolute Gasteiger partial charge is 0.355 e. The average molecular weight is 543 g/mol. The highest BCUT2D eigenvalue weighted by atomic mass is 16.1. The molecule has 1 aromatic carbocycles. The maximum absolute atomic E-state index is 13.2. The van der Waals surface area contributed by atoms with E-state index >= 15 is 0 Å². The molecule has 7 N–H and O–H groups in total. The molecule has 9 heteroatoms. The third kappa shape index (κ3) is 3.45. The molecule has 41 heavy (non-hydrogen) atoms. The molecule has 0 spiro atoms. The maximum Gasteiger partial charge on any atom is 0.189 e. The number of ketones is 1. The van der Waals surface area contributed by atoms with Crippen LogP contribution in [-0.2, 0) is 6.42 Å². The predicted octanol–water partition coefficient (Wildman–Crippen LogP) is 4.86. The minimum atomic E-state index is -0.185. The van der Waals surface area contributed by atoms with Crippen molar-refractivity contribution in [2.24, 2.45) is 28.7 Å². The van der Waals surface area contributed by atoms with Crippen LogP contribution >= 0.6 is 0 Å². The van der Waals surface area contributed by atoms with Crippen molar-refractivity contribution in [1.82, 2.24) is 15.3 Å². The number of nitrogens with one attached hydrogen (secondary N) is 7. The molecule has 9 rings (SSSR count). The zero-order chi connectivity index (χ0) is 27.1. The standard InChI is InChI=1S/C32H30N8O/c41-23-15-7-14-22-24(23)32-39-30-21-13-6-5-12-20(21)28(37-30)35-26-17-9-2-1-8-16(17)25(33-26)34-27-18-10-3-4-11-19(18)29(36-27)38-31(22)40-32/h1-13,15,18-21,27-29,33-36,38,40H,14H2,(H,37,39). The molecule has 204 valence electrons. The lowest BCUT2D eigenvalue weighted by molar-refractivity contribution is 0.104. The number of nitrogens with zero attached hydrogens (tertiary/aromatic N) is 1. The molecule has 9 nitrogen and oxygen atoms in total. The highest BCUT2D eigenvalue weighted by Crippen LogP contribution is 2.41. The van der Waals surface area contributed by atoms with Crippen molar-refractivity contribution < 1.29 is 4.79 Å². The number of H-pyrrole nitrogens is 2. The van der Waals surface area contributed by atoms with Crippen LogP contribution in [0.3, 0.4) is 0 Å². The molecular formula is C32H30N8O. The van der Waals surface area contributed by atoms with Crippen LogP contribution in [0.5, 0.6) is 0 Å². The van der Waals surface area contributed by atoms with Crippen molar-refractivity contribution in [3.05, 3.63) is 96.2 Å². The molecule has 3 aliphatic heterocycles. The quantitative estimate of drug-likeness (QED) is 0.218. The first-order chi connectivity index (χ1) is 20.2. The van der Waals surface area contributed by atoms with Gasteiger partial charge in [0.2, 0.25) is 0 Å². The lowest BCUT2D eigenvalue weighted by Gasteiger charge is -2.23. The van der Waals surface area contributed by atoms with Crippen molar-refractivity contribution in [2.75, 3.05) is 21.3 Å². The van der Waals surface area contributed by atoms with Crippen LogP contribution in [0.1, 0.15) is 15.9 Å². The van der Waals surface area contributed by atoms with Crippen LogP contribution in [0, 0.1) is 23.7 Å². The Bertz CT molecular complexity index is 1780. The topological polar surface area (TPSA) is 121 Å². The molecule has 0 amide bonds. The van der Waals surface area contributed by atoms with Gasteiger partial charge in [-0.15, -0.1) is 0 Å². The zero-order valence-electron chi connectivity index (χ0n) is 22.2. The fraction of sp³-hybridized carbons (Fsp3) is 0.250. The number of aliphatic imine (C=N–C) groups is 1. The molecule has 3 aliphatic carbocycles. The first-order valence-electron chi connectivity index (χ1n) is 14.4. The monoisotopic (exact) mass is 542 g/mol. The van der Waals surface area contributed by atoms with E-state index in [2.05, 4.69) is 109 Å². The summed E-state index contributed by atoms with van der Waals surface area (Å²) in [5.41, 5.74) is 1.67. The van der Waals surface area contributed by atoms with Gasteiger partial charge in [0, 0.05) is 40.0 Å². The third-order valence-electron chi connectivity index (χ3n) is 9.29. The highest BCUT2D eigenvalue weighted by Gasteiger charge is 2.43. The second kappa shape index (κ2) is 8.62. The SMILES string of the molecule is O=C1C=CCc2c3[nH]c(c21)NC1=NC(Nc2[nH]c(c4ccccc24)NC2NC(N3)C3C=CC=CC23)C2C=CC=CC12. The van der Waals surface area contributed by atoms with Crippen LogP contribution in [0.2, 0.25) is 0 Å². The number of fused-ring (bicyclic) bond motifs is 19. The first kappa shape index (κ1) is 23.0. The van der Waals surface area contributed by atoms with E-state index in [0.29, 0.717) is 17.8 Å². The Kier molecular flexibility index (Phi) is 4.83. The van der Waals surface area contributed by atoms with Crippen molar-refractivity contribution in [3.63, 3.8) is 0 Å². The summed E-state index contributed by atoms with van der Waals surface area (Å²) in [6.07, 6.45) is 21.4. The van der Waals surface area contributed by atoms with E-state index < -0.39 is 0 Å². The van der Waals surface area contributed by atoms with Crippen molar-refractivity contribution in [1.29, 1.82) is 0 Å². The molecule has 1 fully saturated rings. The van der Waals surface area contributed by atoms with Gasteiger partial charge >= 0.3 is 0 Å². The number of aromatic nitrogens is 2. The molecule has 7 atom stereocenters. The molecular weight excluding hydrogens is 512 g/mol. The fourth-order valence-corrected chi connectivity index (χ4v) is 7.36. The Morgan fingerprint density at radius 1 is 0.732 bits per heavy atom. The van der Waals surface area contributed by atoms with Gasteiger partial charge in [-0.1, -0.05) is 78.9 Å². The predicted molar refractivity (Wildman–Crippen MR) is 163 cm³/mol. The number of carbonyl (C=O) groups is 1. The van der Waals surface area contributed by atoms with Crippen LogP contribution in [0.15, 0.2) is 90.0 Å². The minimum Gasteiger partial charge on any atom is -0.355 e. The lowest BCUT2D eigenvalue weighted by atomic mass is 9.88. The van der Waals surface area contributed by atoms with Gasteiger partial charge in [-0.05, 0) is 12.5 Å². The van der Waals surface area contributed by atoms with Crippen LogP contribution in [0.25, 0.3) is 10.8 Å². The number of benzene rings is 1. The maximum atomic E-state index is 13.2. The molecule has 3 aromatic rings. The first-order valence-corrected chi connectivity index (χ1v) is 14.4. The van der Waals surface area contributed by atoms with Gasteiger partial charge in [0.05, 0.1) is 17.9 Å². The summed E-state index contributed by atoms with van der Waals surface area (Å²) in [5, 5.41) is 20.9. The minimum absolute atomic E-state index is 0.00207. The van der Waals surface area contributed by atoms with Gasteiger partial charge in [0.1, 0.15) is 35.3 Å².